The minimum Gasteiger partial charge on any atom is -0.329 e. The number of rotatable bonds is 3. The van der Waals surface area contributed by atoms with Crippen LogP contribution in [0.3, 0.4) is 0 Å². The van der Waals surface area contributed by atoms with Crippen molar-refractivity contribution in [1.82, 2.24) is 4.90 Å². The average Bonchev–Trinajstić information content (AvgIpc) is 2.36. The van der Waals surface area contributed by atoms with E-state index in [1.54, 1.807) is 0 Å². The van der Waals surface area contributed by atoms with Crippen molar-refractivity contribution in [3.8, 4) is 0 Å². The first kappa shape index (κ1) is 13.0. The van der Waals surface area contributed by atoms with Gasteiger partial charge in [-0.1, -0.05) is 12.5 Å². The van der Waals surface area contributed by atoms with E-state index in [0.29, 0.717) is 11.0 Å². The highest BCUT2D eigenvalue weighted by Gasteiger charge is 2.21. The zero-order valence-electron chi connectivity index (χ0n) is 9.83. The first-order valence-corrected chi connectivity index (χ1v) is 6.90. The van der Waals surface area contributed by atoms with Gasteiger partial charge in [-0.25, -0.2) is 4.39 Å². The first-order chi connectivity index (χ1) is 8.22. The molecule has 1 aliphatic rings. The lowest BCUT2D eigenvalue weighted by atomic mass is 10.0. The summed E-state index contributed by atoms with van der Waals surface area (Å²) in [6.45, 7) is 2.77. The number of nitrogens with zero attached hydrogens (tertiary/aromatic N) is 1. The Hall–Kier alpha value is -0.450. The van der Waals surface area contributed by atoms with E-state index in [0.717, 1.165) is 18.7 Å². The molecule has 17 heavy (non-hydrogen) atoms. The Morgan fingerprint density at radius 3 is 2.59 bits per heavy atom. The second-order valence-corrected chi connectivity index (χ2v) is 5.38. The van der Waals surface area contributed by atoms with Gasteiger partial charge in [-0.2, -0.15) is 0 Å². The van der Waals surface area contributed by atoms with E-state index in [9.17, 15) is 4.39 Å². The molecule has 0 radical (unpaired) electrons. The number of halogens is 2. The second kappa shape index (κ2) is 5.94. The van der Waals surface area contributed by atoms with Gasteiger partial charge in [0.15, 0.2) is 0 Å². The SMILES string of the molecule is NCC(c1ccc(F)c(Br)c1)N1CCCCC1. The maximum atomic E-state index is 13.2. The molecule has 0 spiro atoms. The largest absolute Gasteiger partial charge is 0.329 e. The van der Waals surface area contributed by atoms with Crippen molar-refractivity contribution in [2.24, 2.45) is 5.73 Å². The van der Waals surface area contributed by atoms with Crippen LogP contribution in [0.2, 0.25) is 0 Å². The summed E-state index contributed by atoms with van der Waals surface area (Å²) in [6.07, 6.45) is 3.78. The monoisotopic (exact) mass is 300 g/mol. The van der Waals surface area contributed by atoms with Crippen LogP contribution in [0.4, 0.5) is 4.39 Å². The second-order valence-electron chi connectivity index (χ2n) is 4.52. The molecule has 2 rings (SSSR count). The van der Waals surface area contributed by atoms with Crippen LogP contribution >= 0.6 is 15.9 Å². The molecule has 1 unspecified atom stereocenters. The van der Waals surface area contributed by atoms with Gasteiger partial charge in [-0.05, 0) is 59.6 Å². The van der Waals surface area contributed by atoms with Gasteiger partial charge in [0.2, 0.25) is 0 Å². The van der Waals surface area contributed by atoms with Gasteiger partial charge >= 0.3 is 0 Å². The Morgan fingerprint density at radius 2 is 2.00 bits per heavy atom. The van der Waals surface area contributed by atoms with Crippen LogP contribution in [0.15, 0.2) is 22.7 Å². The number of hydrogen-bond donors (Lipinski definition) is 1. The molecular weight excluding hydrogens is 283 g/mol. The van der Waals surface area contributed by atoms with Crippen molar-refractivity contribution in [2.45, 2.75) is 25.3 Å². The van der Waals surface area contributed by atoms with Gasteiger partial charge in [-0.3, -0.25) is 4.90 Å². The molecule has 0 bridgehead atoms. The van der Waals surface area contributed by atoms with E-state index in [4.69, 9.17) is 5.73 Å². The van der Waals surface area contributed by atoms with Crippen molar-refractivity contribution in [1.29, 1.82) is 0 Å². The van der Waals surface area contributed by atoms with Crippen LogP contribution in [0.5, 0.6) is 0 Å². The smallest absolute Gasteiger partial charge is 0.137 e. The molecule has 0 saturated carbocycles. The van der Waals surface area contributed by atoms with Crippen LogP contribution in [0.1, 0.15) is 30.9 Å². The molecule has 1 aromatic carbocycles. The maximum Gasteiger partial charge on any atom is 0.137 e. The Kier molecular flexibility index (Phi) is 4.54. The Balaban J connectivity index is 2.18. The quantitative estimate of drug-likeness (QED) is 0.929. The molecule has 0 aromatic heterocycles. The Morgan fingerprint density at radius 1 is 1.29 bits per heavy atom. The normalized spacial score (nSPS) is 19.2. The average molecular weight is 301 g/mol. The van der Waals surface area contributed by atoms with Crippen LogP contribution in [-0.2, 0) is 0 Å². The minimum atomic E-state index is -0.219. The molecule has 1 atom stereocenters. The number of nitrogens with two attached hydrogens (primary N) is 1. The third-order valence-electron chi connectivity index (χ3n) is 3.38. The molecule has 1 aliphatic heterocycles. The van der Waals surface area contributed by atoms with Crippen molar-refractivity contribution in [3.05, 3.63) is 34.1 Å². The molecule has 0 amide bonds. The number of benzene rings is 1. The standard InChI is InChI=1S/C13H18BrFN2/c14-11-8-10(4-5-12(11)15)13(9-16)17-6-2-1-3-7-17/h4-5,8,13H,1-3,6-7,9,16H2. The summed E-state index contributed by atoms with van der Waals surface area (Å²) in [5.74, 6) is -0.219. The van der Waals surface area contributed by atoms with Gasteiger partial charge < -0.3 is 5.73 Å². The van der Waals surface area contributed by atoms with E-state index in [-0.39, 0.29) is 11.9 Å². The summed E-state index contributed by atoms with van der Waals surface area (Å²) >= 11 is 3.23. The lowest BCUT2D eigenvalue weighted by molar-refractivity contribution is 0.167. The summed E-state index contributed by atoms with van der Waals surface area (Å²) in [5.41, 5.74) is 6.97. The molecule has 4 heteroatoms. The summed E-state index contributed by atoms with van der Waals surface area (Å²) in [5, 5.41) is 0. The van der Waals surface area contributed by atoms with Crippen molar-refractivity contribution < 1.29 is 4.39 Å². The Bertz CT molecular complexity index is 378. The lowest BCUT2D eigenvalue weighted by Gasteiger charge is -2.34. The van der Waals surface area contributed by atoms with Crippen LogP contribution in [0.25, 0.3) is 0 Å². The summed E-state index contributed by atoms with van der Waals surface area (Å²) in [7, 11) is 0. The molecule has 1 heterocycles. The van der Waals surface area contributed by atoms with Crippen molar-refractivity contribution >= 4 is 15.9 Å². The highest BCUT2D eigenvalue weighted by atomic mass is 79.9. The molecule has 1 aromatic rings. The van der Waals surface area contributed by atoms with E-state index in [1.807, 2.05) is 12.1 Å². The molecule has 94 valence electrons. The fourth-order valence-electron chi connectivity index (χ4n) is 2.45. The third-order valence-corrected chi connectivity index (χ3v) is 3.99. The minimum absolute atomic E-state index is 0.215. The third kappa shape index (κ3) is 3.06. The van der Waals surface area contributed by atoms with E-state index >= 15 is 0 Å². The number of piperidine rings is 1. The van der Waals surface area contributed by atoms with E-state index in [1.165, 1.54) is 25.3 Å². The highest BCUT2D eigenvalue weighted by molar-refractivity contribution is 9.10. The molecule has 1 saturated heterocycles. The zero-order chi connectivity index (χ0) is 12.3. The first-order valence-electron chi connectivity index (χ1n) is 6.11. The summed E-state index contributed by atoms with van der Waals surface area (Å²) in [6, 6.07) is 5.41. The Labute approximate surface area is 110 Å². The molecule has 2 N–H and O–H groups in total. The predicted molar refractivity (Wildman–Crippen MR) is 71.3 cm³/mol. The van der Waals surface area contributed by atoms with Gasteiger partial charge in [0.05, 0.1) is 4.47 Å². The number of hydrogen-bond acceptors (Lipinski definition) is 2. The molecule has 2 nitrogen and oxygen atoms in total. The summed E-state index contributed by atoms with van der Waals surface area (Å²) < 4.78 is 13.7. The predicted octanol–water partition coefficient (Wildman–Crippen LogP) is 3.07. The van der Waals surface area contributed by atoms with Crippen molar-refractivity contribution in [3.63, 3.8) is 0 Å². The molecule has 1 fully saturated rings. The van der Waals surface area contributed by atoms with Crippen molar-refractivity contribution in [2.75, 3.05) is 19.6 Å². The van der Waals surface area contributed by atoms with E-state index in [2.05, 4.69) is 20.8 Å². The fraction of sp³-hybridized carbons (Fsp3) is 0.538. The van der Waals surface area contributed by atoms with Gasteiger partial charge in [0.1, 0.15) is 5.82 Å². The van der Waals surface area contributed by atoms with Gasteiger partial charge in [0, 0.05) is 12.6 Å². The lowest BCUT2D eigenvalue weighted by Crippen LogP contribution is -2.37. The molecular formula is C13H18BrFN2. The molecule has 0 aliphatic carbocycles. The number of likely N-dealkylation sites (tertiary alicyclic amines) is 1. The maximum absolute atomic E-state index is 13.2. The fourth-order valence-corrected chi connectivity index (χ4v) is 2.84. The van der Waals surface area contributed by atoms with Crippen LogP contribution in [0, 0.1) is 5.82 Å². The van der Waals surface area contributed by atoms with Crippen LogP contribution in [-0.4, -0.2) is 24.5 Å². The summed E-state index contributed by atoms with van der Waals surface area (Å²) in [4.78, 5) is 2.41. The zero-order valence-corrected chi connectivity index (χ0v) is 11.4. The highest BCUT2D eigenvalue weighted by Crippen LogP contribution is 2.27. The van der Waals surface area contributed by atoms with E-state index < -0.39 is 0 Å². The topological polar surface area (TPSA) is 29.3 Å². The van der Waals surface area contributed by atoms with Gasteiger partial charge in [0.25, 0.3) is 0 Å². The van der Waals surface area contributed by atoms with Gasteiger partial charge in [-0.15, -0.1) is 0 Å². The van der Waals surface area contributed by atoms with Crippen LogP contribution < -0.4 is 5.73 Å².